The lowest BCUT2D eigenvalue weighted by atomic mass is 9.82. The first-order chi connectivity index (χ1) is 19.0. The van der Waals surface area contributed by atoms with Gasteiger partial charge in [0.1, 0.15) is 11.6 Å². The number of carbonyl (C=O) groups excluding carboxylic acids is 1. The molecule has 1 heterocycles. The van der Waals surface area contributed by atoms with Crippen molar-refractivity contribution in [2.24, 2.45) is 0 Å². The van der Waals surface area contributed by atoms with E-state index in [0.29, 0.717) is 24.2 Å². The standard InChI is InChI=1S/C29H34F4N2O5/c1-18-14-25(34(27(36)29(31,32)33)16-19-6-10-23(39-2)11-7-19)26(35(18)28(37)38)17-40-24-12-8-20(9-13-24)21-4-3-5-22(30)15-21/h3-7,10-11,15,18,20,24-26H,8-9,12-14,16-17H2,1-2H3,(H,37,38)/t18-,20?,24?,25+,26+/m1/s1. The van der Waals surface area contributed by atoms with Crippen LogP contribution in [0.25, 0.3) is 0 Å². The second-order valence-electron chi connectivity index (χ2n) is 10.6. The number of methoxy groups -OCH3 is 1. The number of alkyl halides is 3. The fraction of sp³-hybridized carbons (Fsp3) is 0.517. The number of hydrogen-bond donors (Lipinski definition) is 1. The number of halogens is 4. The van der Waals surface area contributed by atoms with Crippen molar-refractivity contribution in [1.29, 1.82) is 0 Å². The van der Waals surface area contributed by atoms with E-state index >= 15 is 0 Å². The predicted octanol–water partition coefficient (Wildman–Crippen LogP) is 5.98. The molecular formula is C29H34F4N2O5. The zero-order valence-corrected chi connectivity index (χ0v) is 22.4. The van der Waals surface area contributed by atoms with Gasteiger partial charge in [0.25, 0.3) is 0 Å². The summed E-state index contributed by atoms with van der Waals surface area (Å²) < 4.78 is 66.1. The zero-order valence-electron chi connectivity index (χ0n) is 22.4. The van der Waals surface area contributed by atoms with Crippen molar-refractivity contribution in [2.45, 2.75) is 81.9 Å². The van der Waals surface area contributed by atoms with Gasteiger partial charge in [0, 0.05) is 12.6 Å². The van der Waals surface area contributed by atoms with Crippen LogP contribution in [-0.2, 0) is 16.1 Å². The molecule has 0 spiro atoms. The first kappa shape index (κ1) is 29.6. The SMILES string of the molecule is COc1ccc(CN(C(=O)C(F)(F)F)[C@H]2C[C@@H](C)N(C(=O)O)[C@H]2COC2CCC(c3cccc(F)c3)CC2)cc1. The van der Waals surface area contributed by atoms with Gasteiger partial charge in [-0.1, -0.05) is 24.3 Å². The molecule has 0 unspecified atom stereocenters. The molecule has 1 N–H and O–H groups in total. The highest BCUT2D eigenvalue weighted by Crippen LogP contribution is 2.36. The maximum absolute atomic E-state index is 13.7. The monoisotopic (exact) mass is 566 g/mol. The number of nitrogens with zero attached hydrogens (tertiary/aromatic N) is 2. The number of rotatable bonds is 8. The number of carbonyl (C=O) groups is 2. The van der Waals surface area contributed by atoms with Gasteiger partial charge in [0.05, 0.1) is 31.9 Å². The van der Waals surface area contributed by atoms with Gasteiger partial charge in [-0.05, 0) is 80.3 Å². The zero-order chi connectivity index (χ0) is 29.0. The van der Waals surface area contributed by atoms with Gasteiger partial charge in [0.2, 0.25) is 0 Å². The number of ether oxygens (including phenoxy) is 2. The lowest BCUT2D eigenvalue weighted by Crippen LogP contribution is -2.54. The maximum atomic E-state index is 13.7. The molecule has 4 rings (SSSR count). The molecular weight excluding hydrogens is 532 g/mol. The summed E-state index contributed by atoms with van der Waals surface area (Å²) in [6.07, 6.45) is -3.78. The van der Waals surface area contributed by atoms with E-state index in [2.05, 4.69) is 0 Å². The molecule has 1 aliphatic heterocycles. The molecule has 11 heteroatoms. The first-order valence-electron chi connectivity index (χ1n) is 13.4. The van der Waals surface area contributed by atoms with Crippen LogP contribution in [0.15, 0.2) is 48.5 Å². The second-order valence-corrected chi connectivity index (χ2v) is 10.6. The summed E-state index contributed by atoms with van der Waals surface area (Å²) in [5.41, 5.74) is 1.37. The van der Waals surface area contributed by atoms with Crippen LogP contribution in [0.3, 0.4) is 0 Å². The average Bonchev–Trinajstić information content (AvgIpc) is 3.26. The minimum Gasteiger partial charge on any atom is -0.497 e. The number of likely N-dealkylation sites (tertiary alicyclic amines) is 1. The molecule has 2 aromatic carbocycles. The number of carboxylic acid groups (broad SMARTS) is 1. The highest BCUT2D eigenvalue weighted by atomic mass is 19.4. The smallest absolute Gasteiger partial charge is 0.471 e. The van der Waals surface area contributed by atoms with Crippen molar-refractivity contribution < 1.29 is 41.7 Å². The Morgan fingerprint density at radius 3 is 2.33 bits per heavy atom. The molecule has 0 radical (unpaired) electrons. The Kier molecular flexibility index (Phi) is 9.22. The fourth-order valence-electron chi connectivity index (χ4n) is 5.98. The molecule has 218 valence electrons. The Hall–Kier alpha value is -3.34. The van der Waals surface area contributed by atoms with E-state index in [1.807, 2.05) is 6.07 Å². The van der Waals surface area contributed by atoms with Crippen LogP contribution in [-0.4, -0.2) is 71.0 Å². The highest BCUT2D eigenvalue weighted by molar-refractivity contribution is 5.82. The molecule has 2 aromatic rings. The lowest BCUT2D eigenvalue weighted by molar-refractivity contribution is -0.189. The Labute approximate surface area is 230 Å². The van der Waals surface area contributed by atoms with Gasteiger partial charge < -0.3 is 19.5 Å². The molecule has 0 aromatic heterocycles. The van der Waals surface area contributed by atoms with Gasteiger partial charge in [-0.3, -0.25) is 9.69 Å². The van der Waals surface area contributed by atoms with Crippen LogP contribution in [0.2, 0.25) is 0 Å². The third-order valence-corrected chi connectivity index (χ3v) is 7.99. The summed E-state index contributed by atoms with van der Waals surface area (Å²) in [5.74, 6) is -1.62. The lowest BCUT2D eigenvalue weighted by Gasteiger charge is -2.36. The Bertz CT molecular complexity index is 1170. The summed E-state index contributed by atoms with van der Waals surface area (Å²) >= 11 is 0. The molecule has 2 amide bonds. The van der Waals surface area contributed by atoms with Crippen LogP contribution >= 0.6 is 0 Å². The summed E-state index contributed by atoms with van der Waals surface area (Å²) in [4.78, 5) is 26.7. The van der Waals surface area contributed by atoms with Crippen LogP contribution < -0.4 is 4.74 Å². The van der Waals surface area contributed by atoms with E-state index in [4.69, 9.17) is 9.47 Å². The summed E-state index contributed by atoms with van der Waals surface area (Å²) in [6, 6.07) is 10.2. The Morgan fingerprint density at radius 1 is 1.07 bits per heavy atom. The Balaban J connectivity index is 1.50. The van der Waals surface area contributed by atoms with Gasteiger partial charge in [-0.2, -0.15) is 13.2 Å². The van der Waals surface area contributed by atoms with Crippen molar-refractivity contribution in [2.75, 3.05) is 13.7 Å². The molecule has 7 nitrogen and oxygen atoms in total. The minimum absolute atomic E-state index is 0.0462. The topological polar surface area (TPSA) is 79.3 Å². The van der Waals surface area contributed by atoms with Crippen LogP contribution in [0, 0.1) is 5.82 Å². The molecule has 2 aliphatic rings. The summed E-state index contributed by atoms with van der Waals surface area (Å²) in [7, 11) is 1.47. The third-order valence-electron chi connectivity index (χ3n) is 7.99. The normalized spacial score (nSPS) is 25.1. The average molecular weight is 567 g/mol. The van der Waals surface area contributed by atoms with Crippen molar-refractivity contribution in [3.05, 3.63) is 65.5 Å². The van der Waals surface area contributed by atoms with E-state index in [1.54, 1.807) is 37.3 Å². The number of benzene rings is 2. The molecule has 0 bridgehead atoms. The summed E-state index contributed by atoms with van der Waals surface area (Å²) in [5, 5.41) is 9.92. The largest absolute Gasteiger partial charge is 0.497 e. The predicted molar refractivity (Wildman–Crippen MR) is 138 cm³/mol. The van der Waals surface area contributed by atoms with Crippen molar-refractivity contribution in [1.82, 2.24) is 9.80 Å². The van der Waals surface area contributed by atoms with E-state index in [1.165, 1.54) is 19.2 Å². The highest BCUT2D eigenvalue weighted by Gasteiger charge is 2.51. The molecule has 1 saturated heterocycles. The van der Waals surface area contributed by atoms with Gasteiger partial charge >= 0.3 is 18.2 Å². The van der Waals surface area contributed by atoms with Crippen LogP contribution in [0.4, 0.5) is 22.4 Å². The van der Waals surface area contributed by atoms with Crippen molar-refractivity contribution in [3.63, 3.8) is 0 Å². The third kappa shape index (κ3) is 6.86. The van der Waals surface area contributed by atoms with Crippen molar-refractivity contribution in [3.8, 4) is 5.75 Å². The first-order valence-corrected chi connectivity index (χ1v) is 13.4. The van der Waals surface area contributed by atoms with Crippen LogP contribution in [0.5, 0.6) is 5.75 Å². The Morgan fingerprint density at radius 2 is 1.75 bits per heavy atom. The van der Waals surface area contributed by atoms with E-state index < -0.39 is 36.3 Å². The van der Waals surface area contributed by atoms with E-state index in [-0.39, 0.29) is 37.4 Å². The molecule has 40 heavy (non-hydrogen) atoms. The fourth-order valence-corrected chi connectivity index (χ4v) is 5.98. The molecule has 1 saturated carbocycles. The number of amides is 2. The molecule has 3 atom stereocenters. The van der Waals surface area contributed by atoms with E-state index in [0.717, 1.165) is 28.2 Å². The summed E-state index contributed by atoms with van der Waals surface area (Å²) in [6.45, 7) is 1.14. The van der Waals surface area contributed by atoms with Gasteiger partial charge in [-0.15, -0.1) is 0 Å². The quantitative estimate of drug-likeness (QED) is 0.398. The van der Waals surface area contributed by atoms with E-state index in [9.17, 15) is 32.3 Å². The van der Waals surface area contributed by atoms with Gasteiger partial charge in [-0.25, -0.2) is 9.18 Å². The number of hydrogen-bond acceptors (Lipinski definition) is 4. The molecule has 2 fully saturated rings. The minimum atomic E-state index is -5.13. The van der Waals surface area contributed by atoms with Gasteiger partial charge in [0.15, 0.2) is 0 Å². The van der Waals surface area contributed by atoms with Crippen molar-refractivity contribution >= 4 is 12.0 Å². The maximum Gasteiger partial charge on any atom is 0.471 e. The second kappa shape index (κ2) is 12.4. The van der Waals surface area contributed by atoms with Crippen LogP contribution in [0.1, 0.15) is 56.1 Å². The molecule has 1 aliphatic carbocycles.